The van der Waals surface area contributed by atoms with E-state index in [1.165, 1.54) is 5.06 Å². The van der Waals surface area contributed by atoms with Crippen molar-refractivity contribution in [3.05, 3.63) is 30.3 Å². The molecule has 81 valence electrons. The van der Waals surface area contributed by atoms with E-state index >= 15 is 0 Å². The topological polar surface area (TPSA) is 35.2 Å². The van der Waals surface area contributed by atoms with Gasteiger partial charge in [0.2, 0.25) is 0 Å². The summed E-state index contributed by atoms with van der Waals surface area (Å²) < 4.78 is 0. The van der Waals surface area contributed by atoms with Crippen molar-refractivity contribution in [2.75, 3.05) is 5.32 Å². The number of nitrogens with one attached hydrogen (secondary N) is 1. The van der Waals surface area contributed by atoms with Crippen LogP contribution in [-0.4, -0.2) is 16.8 Å². The third kappa shape index (κ3) is 2.13. The van der Waals surface area contributed by atoms with Gasteiger partial charge in [-0.15, -0.1) is 10.3 Å². The van der Waals surface area contributed by atoms with Crippen LogP contribution in [0, 0.1) is 0 Å². The van der Waals surface area contributed by atoms with E-state index in [0.717, 1.165) is 18.5 Å². The summed E-state index contributed by atoms with van der Waals surface area (Å²) >= 11 is 0. The molecule has 3 heteroatoms. The number of para-hydroxylation sites is 1. The molecular weight excluding hydrogens is 188 g/mol. The molecule has 1 aliphatic heterocycles. The Balaban J connectivity index is 2.03. The molecule has 1 unspecified atom stereocenters. The zero-order valence-electron chi connectivity index (χ0n) is 9.23. The van der Waals surface area contributed by atoms with E-state index in [9.17, 15) is 5.21 Å². The van der Waals surface area contributed by atoms with Gasteiger partial charge in [0.15, 0.2) is 0 Å². The first-order chi connectivity index (χ1) is 7.09. The molecule has 15 heavy (non-hydrogen) atoms. The van der Waals surface area contributed by atoms with Crippen molar-refractivity contribution in [3.8, 4) is 0 Å². The van der Waals surface area contributed by atoms with Crippen LogP contribution in [0.3, 0.4) is 0 Å². The lowest BCUT2D eigenvalue weighted by Crippen LogP contribution is -2.42. The third-order valence-corrected chi connectivity index (χ3v) is 3.02. The summed E-state index contributed by atoms with van der Waals surface area (Å²) in [5, 5.41) is 16.3. The number of benzene rings is 1. The quantitative estimate of drug-likeness (QED) is 0.805. The maximum Gasteiger partial charge on any atom is 0.107 e. The van der Waals surface area contributed by atoms with Crippen molar-refractivity contribution >= 4 is 5.69 Å². The van der Waals surface area contributed by atoms with E-state index in [1.54, 1.807) is 0 Å². The van der Waals surface area contributed by atoms with Gasteiger partial charge in [-0.2, -0.15) is 0 Å². The number of rotatable bonds is 2. The molecular formula is C12H17N2O. The summed E-state index contributed by atoms with van der Waals surface area (Å²) in [6, 6.07) is 9.88. The van der Waals surface area contributed by atoms with E-state index in [0.29, 0.717) is 0 Å². The first-order valence-electron chi connectivity index (χ1n) is 5.38. The molecule has 0 amide bonds. The number of nitrogens with zero attached hydrogens (tertiary/aromatic N) is 1. The Hall–Kier alpha value is -1.06. The van der Waals surface area contributed by atoms with Gasteiger partial charge in [-0.25, -0.2) is 0 Å². The van der Waals surface area contributed by atoms with E-state index in [2.05, 4.69) is 5.32 Å². The molecule has 1 aromatic carbocycles. The number of anilines is 1. The zero-order valence-corrected chi connectivity index (χ0v) is 9.23. The molecule has 1 heterocycles. The van der Waals surface area contributed by atoms with Crippen molar-refractivity contribution in [1.82, 2.24) is 5.06 Å². The van der Waals surface area contributed by atoms with Crippen LogP contribution in [0.1, 0.15) is 26.7 Å². The minimum atomic E-state index is -0.230. The molecule has 2 rings (SSSR count). The summed E-state index contributed by atoms with van der Waals surface area (Å²) in [5.74, 6) is 0. The minimum Gasteiger partial charge on any atom is -0.368 e. The second-order valence-corrected chi connectivity index (χ2v) is 4.70. The van der Waals surface area contributed by atoms with Gasteiger partial charge < -0.3 is 5.32 Å². The van der Waals surface area contributed by atoms with E-state index in [4.69, 9.17) is 0 Å². The monoisotopic (exact) mass is 205 g/mol. The zero-order chi connectivity index (χ0) is 10.9. The lowest BCUT2D eigenvalue weighted by atomic mass is 10.0. The van der Waals surface area contributed by atoms with Crippen LogP contribution in [0.4, 0.5) is 5.69 Å². The second kappa shape index (κ2) is 3.83. The van der Waals surface area contributed by atoms with Crippen LogP contribution in [0.2, 0.25) is 0 Å². The summed E-state index contributed by atoms with van der Waals surface area (Å²) in [5.41, 5.74) is 0.785. The summed E-state index contributed by atoms with van der Waals surface area (Å²) in [4.78, 5) is 0. The fraction of sp³-hybridized carbons (Fsp3) is 0.500. The number of hydrogen-bond acceptors (Lipinski definition) is 2. The predicted octanol–water partition coefficient (Wildman–Crippen LogP) is 2.64. The van der Waals surface area contributed by atoms with Gasteiger partial charge in [0, 0.05) is 11.2 Å². The third-order valence-electron chi connectivity index (χ3n) is 3.02. The standard InChI is InChI=1S/C12H17N2O/c1-12(2)9-8-11(14(12)15)13-10-6-4-3-5-7-10/h3-7,11,13H,8-9H2,1-2H3. The minimum absolute atomic E-state index is 0.0811. The molecule has 3 nitrogen and oxygen atoms in total. The molecule has 0 saturated carbocycles. The van der Waals surface area contributed by atoms with Crippen molar-refractivity contribution in [2.24, 2.45) is 0 Å². The van der Waals surface area contributed by atoms with E-state index in [-0.39, 0.29) is 11.7 Å². The molecule has 1 fully saturated rings. The van der Waals surface area contributed by atoms with Gasteiger partial charge >= 0.3 is 0 Å². The SMILES string of the molecule is CC1(C)CCC(Nc2ccccc2)N1[O]. The molecule has 0 aliphatic carbocycles. The van der Waals surface area contributed by atoms with Crippen molar-refractivity contribution in [1.29, 1.82) is 0 Å². The van der Waals surface area contributed by atoms with Crippen LogP contribution in [0.15, 0.2) is 30.3 Å². The molecule has 1 N–H and O–H groups in total. The highest BCUT2D eigenvalue weighted by molar-refractivity contribution is 5.43. The average molecular weight is 205 g/mol. The smallest absolute Gasteiger partial charge is 0.107 e. The molecule has 1 aromatic rings. The highest BCUT2D eigenvalue weighted by atomic mass is 16.5. The molecule has 0 aromatic heterocycles. The van der Waals surface area contributed by atoms with Crippen LogP contribution >= 0.6 is 0 Å². The maximum atomic E-state index is 11.9. The highest BCUT2D eigenvalue weighted by Gasteiger charge is 2.39. The lowest BCUT2D eigenvalue weighted by Gasteiger charge is -2.27. The second-order valence-electron chi connectivity index (χ2n) is 4.70. The Kier molecular flexibility index (Phi) is 2.67. The predicted molar refractivity (Wildman–Crippen MR) is 59.7 cm³/mol. The first kappa shape index (κ1) is 10.5. The summed E-state index contributed by atoms with van der Waals surface area (Å²) in [7, 11) is 0. The van der Waals surface area contributed by atoms with Gasteiger partial charge in [-0.1, -0.05) is 18.2 Å². The van der Waals surface area contributed by atoms with Gasteiger partial charge in [0.05, 0.1) is 0 Å². The van der Waals surface area contributed by atoms with Crippen LogP contribution in [0.25, 0.3) is 0 Å². The van der Waals surface area contributed by atoms with E-state index in [1.807, 2.05) is 44.2 Å². The van der Waals surface area contributed by atoms with Crippen molar-refractivity contribution in [3.63, 3.8) is 0 Å². The Morgan fingerprint density at radius 2 is 2.00 bits per heavy atom. The molecule has 1 saturated heterocycles. The molecule has 1 radical (unpaired) electrons. The van der Waals surface area contributed by atoms with Gasteiger partial charge in [0.1, 0.15) is 6.17 Å². The van der Waals surface area contributed by atoms with Gasteiger partial charge in [-0.3, -0.25) is 0 Å². The number of hydrogen-bond donors (Lipinski definition) is 1. The first-order valence-corrected chi connectivity index (χ1v) is 5.38. The molecule has 0 spiro atoms. The molecule has 1 atom stereocenters. The summed E-state index contributed by atoms with van der Waals surface area (Å²) in [6.45, 7) is 3.99. The largest absolute Gasteiger partial charge is 0.368 e. The van der Waals surface area contributed by atoms with Crippen molar-refractivity contribution in [2.45, 2.75) is 38.4 Å². The number of hydroxylamine groups is 2. The Bertz CT molecular complexity index is 324. The normalized spacial score (nSPS) is 25.4. The van der Waals surface area contributed by atoms with Gasteiger partial charge in [-0.05, 0) is 38.8 Å². The molecule has 0 bridgehead atoms. The van der Waals surface area contributed by atoms with Crippen LogP contribution in [-0.2, 0) is 5.21 Å². The fourth-order valence-electron chi connectivity index (χ4n) is 2.00. The fourth-order valence-corrected chi connectivity index (χ4v) is 2.00. The van der Waals surface area contributed by atoms with Gasteiger partial charge in [0.25, 0.3) is 0 Å². The Morgan fingerprint density at radius 3 is 2.53 bits per heavy atom. The Morgan fingerprint density at radius 1 is 1.33 bits per heavy atom. The highest BCUT2D eigenvalue weighted by Crippen LogP contribution is 2.32. The average Bonchev–Trinajstić information content (AvgIpc) is 2.47. The maximum absolute atomic E-state index is 11.9. The summed E-state index contributed by atoms with van der Waals surface area (Å²) in [6.07, 6.45) is 1.77. The van der Waals surface area contributed by atoms with Crippen LogP contribution in [0.5, 0.6) is 0 Å². The lowest BCUT2D eigenvalue weighted by molar-refractivity contribution is -0.214. The van der Waals surface area contributed by atoms with E-state index < -0.39 is 0 Å². The molecule has 1 aliphatic rings. The Labute approximate surface area is 90.7 Å². The van der Waals surface area contributed by atoms with Crippen molar-refractivity contribution < 1.29 is 5.21 Å². The van der Waals surface area contributed by atoms with Crippen LogP contribution < -0.4 is 5.32 Å².